The van der Waals surface area contributed by atoms with E-state index in [9.17, 15) is 9.59 Å². The van der Waals surface area contributed by atoms with E-state index >= 15 is 0 Å². The van der Waals surface area contributed by atoms with Crippen LogP contribution in [0.4, 0.5) is 0 Å². The Balaban J connectivity index is 1.89. The Bertz CT molecular complexity index is 712. The molecule has 2 rings (SSSR count). The topological polar surface area (TPSA) is 58.2 Å². The van der Waals surface area contributed by atoms with Crippen LogP contribution in [0.2, 0.25) is 5.02 Å². The minimum absolute atomic E-state index is 0.374. The lowest BCUT2D eigenvalue weighted by molar-refractivity contribution is -0.117. The predicted molar refractivity (Wildman–Crippen MR) is 87.3 cm³/mol. The molecule has 0 unspecified atom stereocenters. The molecule has 0 heterocycles. The van der Waals surface area contributed by atoms with Crippen molar-refractivity contribution in [2.75, 3.05) is 0 Å². The van der Waals surface area contributed by atoms with Crippen LogP contribution in [0.3, 0.4) is 0 Å². The largest absolute Gasteiger partial charge is 0.269 e. The zero-order valence-electron chi connectivity index (χ0n) is 12.0. The van der Waals surface area contributed by atoms with Crippen LogP contribution in [-0.2, 0) is 4.79 Å². The van der Waals surface area contributed by atoms with Crippen LogP contribution in [0.25, 0.3) is 6.08 Å². The number of carbonyl (C=O) groups is 2. The Morgan fingerprint density at radius 1 is 1.05 bits per heavy atom. The van der Waals surface area contributed by atoms with Crippen LogP contribution in [0.5, 0.6) is 0 Å². The molecular weight excluding hydrogens is 300 g/mol. The van der Waals surface area contributed by atoms with Gasteiger partial charge in [0.25, 0.3) is 11.8 Å². The second-order valence-corrected chi connectivity index (χ2v) is 5.06. The van der Waals surface area contributed by atoms with Gasteiger partial charge in [0, 0.05) is 16.7 Å². The van der Waals surface area contributed by atoms with Crippen molar-refractivity contribution < 1.29 is 9.59 Å². The molecule has 0 radical (unpaired) electrons. The highest BCUT2D eigenvalue weighted by Crippen LogP contribution is 2.17. The van der Waals surface area contributed by atoms with Crippen LogP contribution < -0.4 is 10.9 Å². The molecule has 2 amide bonds. The Morgan fingerprint density at radius 2 is 1.77 bits per heavy atom. The van der Waals surface area contributed by atoms with Crippen molar-refractivity contribution in [2.24, 2.45) is 0 Å². The molecular formula is C17H15ClN2O2. The van der Waals surface area contributed by atoms with Gasteiger partial charge in [-0.2, -0.15) is 0 Å². The van der Waals surface area contributed by atoms with Crippen LogP contribution in [0.15, 0.2) is 54.6 Å². The minimum Gasteiger partial charge on any atom is -0.268 e. The van der Waals surface area contributed by atoms with Gasteiger partial charge in [-0.15, -0.1) is 0 Å². The summed E-state index contributed by atoms with van der Waals surface area (Å²) in [6, 6.07) is 14.1. The monoisotopic (exact) mass is 314 g/mol. The van der Waals surface area contributed by atoms with Crippen molar-refractivity contribution in [1.29, 1.82) is 0 Å². The van der Waals surface area contributed by atoms with Crippen molar-refractivity contribution in [3.05, 3.63) is 76.3 Å². The first-order valence-electron chi connectivity index (χ1n) is 6.66. The van der Waals surface area contributed by atoms with Crippen molar-refractivity contribution in [3.63, 3.8) is 0 Å². The smallest absolute Gasteiger partial charge is 0.268 e. The van der Waals surface area contributed by atoms with Gasteiger partial charge in [-0.05, 0) is 42.3 Å². The molecule has 0 spiro atoms. The SMILES string of the molecule is Cc1ccc(/C=C/C(=O)NNC(=O)c2ccccc2)cc1Cl. The summed E-state index contributed by atoms with van der Waals surface area (Å²) < 4.78 is 0. The number of hydrogen-bond acceptors (Lipinski definition) is 2. The molecule has 0 aliphatic rings. The van der Waals surface area contributed by atoms with Crippen molar-refractivity contribution >= 4 is 29.5 Å². The molecule has 112 valence electrons. The average molecular weight is 315 g/mol. The van der Waals surface area contributed by atoms with Crippen LogP contribution in [0.1, 0.15) is 21.5 Å². The first kappa shape index (κ1) is 15.8. The highest BCUT2D eigenvalue weighted by Gasteiger charge is 2.04. The number of hydrazine groups is 1. The number of benzene rings is 2. The third-order valence-corrected chi connectivity index (χ3v) is 3.37. The fourth-order valence-electron chi connectivity index (χ4n) is 1.71. The van der Waals surface area contributed by atoms with Gasteiger partial charge in [-0.3, -0.25) is 20.4 Å². The number of carbonyl (C=O) groups excluding carboxylic acids is 2. The molecule has 0 fully saturated rings. The van der Waals surface area contributed by atoms with E-state index in [2.05, 4.69) is 10.9 Å². The lowest BCUT2D eigenvalue weighted by Crippen LogP contribution is -2.40. The van der Waals surface area contributed by atoms with Crippen LogP contribution in [-0.4, -0.2) is 11.8 Å². The van der Waals surface area contributed by atoms with E-state index in [4.69, 9.17) is 11.6 Å². The summed E-state index contributed by atoms with van der Waals surface area (Å²) in [5.41, 5.74) is 6.90. The van der Waals surface area contributed by atoms with E-state index in [-0.39, 0.29) is 5.91 Å². The number of amides is 2. The predicted octanol–water partition coefficient (Wildman–Crippen LogP) is 3.12. The summed E-state index contributed by atoms with van der Waals surface area (Å²) in [6.07, 6.45) is 2.95. The molecule has 0 saturated carbocycles. The first-order valence-corrected chi connectivity index (χ1v) is 7.03. The number of rotatable bonds is 3. The molecule has 0 bridgehead atoms. The van der Waals surface area contributed by atoms with Gasteiger partial charge in [0.1, 0.15) is 0 Å². The molecule has 0 atom stereocenters. The summed E-state index contributed by atoms with van der Waals surface area (Å²) in [5, 5.41) is 0.639. The molecule has 4 nitrogen and oxygen atoms in total. The first-order chi connectivity index (χ1) is 10.6. The molecule has 22 heavy (non-hydrogen) atoms. The highest BCUT2D eigenvalue weighted by atomic mass is 35.5. The van der Waals surface area contributed by atoms with Crippen LogP contribution >= 0.6 is 11.6 Å². The number of nitrogens with one attached hydrogen (secondary N) is 2. The second-order valence-electron chi connectivity index (χ2n) is 4.65. The summed E-state index contributed by atoms with van der Waals surface area (Å²) in [4.78, 5) is 23.4. The van der Waals surface area contributed by atoms with Gasteiger partial charge in [-0.25, -0.2) is 0 Å². The third-order valence-electron chi connectivity index (χ3n) is 2.96. The van der Waals surface area contributed by atoms with Gasteiger partial charge >= 0.3 is 0 Å². The second kappa shape index (κ2) is 7.43. The zero-order valence-corrected chi connectivity index (χ0v) is 12.7. The zero-order chi connectivity index (χ0) is 15.9. The molecule has 0 saturated heterocycles. The molecule has 2 aromatic carbocycles. The minimum atomic E-state index is -0.430. The van der Waals surface area contributed by atoms with E-state index in [1.807, 2.05) is 25.1 Å². The van der Waals surface area contributed by atoms with Crippen LogP contribution in [0, 0.1) is 6.92 Å². The molecule has 2 aromatic rings. The van der Waals surface area contributed by atoms with Crippen molar-refractivity contribution in [1.82, 2.24) is 10.9 Å². The number of aryl methyl sites for hydroxylation is 1. The van der Waals surface area contributed by atoms with Crippen molar-refractivity contribution in [3.8, 4) is 0 Å². The normalized spacial score (nSPS) is 10.5. The molecule has 5 heteroatoms. The summed E-state index contributed by atoms with van der Waals surface area (Å²) in [5.74, 6) is -0.804. The van der Waals surface area contributed by atoms with E-state index in [1.165, 1.54) is 6.08 Å². The third kappa shape index (κ3) is 4.46. The van der Waals surface area contributed by atoms with Gasteiger partial charge in [0.2, 0.25) is 0 Å². The Hall–Kier alpha value is -2.59. The number of hydrogen-bond donors (Lipinski definition) is 2. The summed E-state index contributed by atoms with van der Waals surface area (Å²) in [6.45, 7) is 1.90. The quantitative estimate of drug-likeness (QED) is 0.675. The fourth-order valence-corrected chi connectivity index (χ4v) is 1.90. The maximum Gasteiger partial charge on any atom is 0.269 e. The standard InChI is InChI=1S/C17H15ClN2O2/c1-12-7-8-13(11-15(12)18)9-10-16(21)19-20-17(22)14-5-3-2-4-6-14/h2-11H,1H3,(H,19,21)(H,20,22)/b10-9+. The highest BCUT2D eigenvalue weighted by molar-refractivity contribution is 6.31. The Morgan fingerprint density at radius 3 is 2.45 bits per heavy atom. The maximum atomic E-state index is 11.7. The van der Waals surface area contributed by atoms with Gasteiger partial charge < -0.3 is 0 Å². The Labute approximate surface area is 133 Å². The molecule has 0 aromatic heterocycles. The molecule has 0 aliphatic carbocycles. The van der Waals surface area contributed by atoms with E-state index < -0.39 is 5.91 Å². The van der Waals surface area contributed by atoms with Gasteiger partial charge in [-0.1, -0.05) is 41.9 Å². The lowest BCUT2D eigenvalue weighted by atomic mass is 10.1. The number of halogens is 1. The average Bonchev–Trinajstić information content (AvgIpc) is 2.54. The Kier molecular flexibility index (Phi) is 5.33. The van der Waals surface area contributed by atoms with Gasteiger partial charge in [0.05, 0.1) is 0 Å². The molecule has 2 N–H and O–H groups in total. The summed E-state index contributed by atoms with van der Waals surface area (Å²) in [7, 11) is 0. The van der Waals surface area contributed by atoms with Gasteiger partial charge in [0.15, 0.2) is 0 Å². The lowest BCUT2D eigenvalue weighted by Gasteiger charge is -2.05. The van der Waals surface area contributed by atoms with Crippen molar-refractivity contribution in [2.45, 2.75) is 6.92 Å². The summed E-state index contributed by atoms with van der Waals surface area (Å²) >= 11 is 6.01. The molecule has 0 aliphatic heterocycles. The van der Waals surface area contributed by atoms with E-state index in [0.717, 1.165) is 11.1 Å². The maximum absolute atomic E-state index is 11.7. The fraction of sp³-hybridized carbons (Fsp3) is 0.0588. The van der Waals surface area contributed by atoms with E-state index in [1.54, 1.807) is 36.4 Å². The van der Waals surface area contributed by atoms with E-state index in [0.29, 0.717) is 10.6 Å².